The first kappa shape index (κ1) is 17.9. The van der Waals surface area contributed by atoms with Crippen molar-refractivity contribution in [2.24, 2.45) is 0 Å². The molecule has 4 heteroatoms. The summed E-state index contributed by atoms with van der Waals surface area (Å²) in [5.41, 5.74) is 3.48. The first-order valence-corrected chi connectivity index (χ1v) is 8.21. The zero-order valence-electron chi connectivity index (χ0n) is 14.6. The fourth-order valence-corrected chi connectivity index (χ4v) is 2.48. The van der Waals surface area contributed by atoms with Crippen LogP contribution in [-0.2, 0) is 24.2 Å². The lowest BCUT2D eigenvalue weighted by Crippen LogP contribution is -2.23. The van der Waals surface area contributed by atoms with Crippen LogP contribution in [0.1, 0.15) is 30.0 Å². The molecule has 2 aromatic rings. The molecule has 0 bridgehead atoms. The van der Waals surface area contributed by atoms with Gasteiger partial charge in [-0.05, 0) is 41.7 Å². The molecule has 0 saturated carbocycles. The van der Waals surface area contributed by atoms with Crippen LogP contribution in [0.3, 0.4) is 0 Å². The van der Waals surface area contributed by atoms with Gasteiger partial charge in [0, 0.05) is 13.0 Å². The second-order valence-corrected chi connectivity index (χ2v) is 5.64. The molecule has 0 spiro atoms. The highest BCUT2D eigenvalue weighted by Gasteiger charge is 2.06. The van der Waals surface area contributed by atoms with Gasteiger partial charge >= 0.3 is 0 Å². The number of hydrogen-bond acceptors (Lipinski definition) is 3. The van der Waals surface area contributed by atoms with Gasteiger partial charge in [-0.25, -0.2) is 0 Å². The smallest absolute Gasteiger partial charge is 0.220 e. The molecule has 1 amide bonds. The molecule has 2 aromatic carbocycles. The van der Waals surface area contributed by atoms with Crippen LogP contribution >= 0.6 is 0 Å². The molecule has 0 atom stereocenters. The van der Waals surface area contributed by atoms with Crippen LogP contribution in [-0.4, -0.2) is 20.1 Å². The van der Waals surface area contributed by atoms with Crippen molar-refractivity contribution in [2.75, 3.05) is 14.2 Å². The summed E-state index contributed by atoms with van der Waals surface area (Å²) in [5, 5.41) is 2.95. The van der Waals surface area contributed by atoms with E-state index in [1.807, 2.05) is 18.2 Å². The van der Waals surface area contributed by atoms with Gasteiger partial charge in [0.1, 0.15) is 0 Å². The third kappa shape index (κ3) is 5.01. The minimum absolute atomic E-state index is 0.0457. The monoisotopic (exact) mass is 327 g/mol. The third-order valence-corrected chi connectivity index (χ3v) is 4.01. The van der Waals surface area contributed by atoms with E-state index in [0.717, 1.165) is 18.4 Å². The van der Waals surface area contributed by atoms with Crippen molar-refractivity contribution >= 4 is 5.91 Å². The van der Waals surface area contributed by atoms with Crippen LogP contribution < -0.4 is 14.8 Å². The summed E-state index contributed by atoms with van der Waals surface area (Å²) >= 11 is 0. The molecule has 4 nitrogen and oxygen atoms in total. The van der Waals surface area contributed by atoms with Crippen molar-refractivity contribution in [3.63, 3.8) is 0 Å². The number of methoxy groups -OCH3 is 2. The van der Waals surface area contributed by atoms with E-state index in [9.17, 15) is 4.79 Å². The van der Waals surface area contributed by atoms with Crippen LogP contribution in [0.2, 0.25) is 0 Å². The molecule has 0 aliphatic heterocycles. The van der Waals surface area contributed by atoms with Crippen molar-refractivity contribution in [3.05, 3.63) is 59.2 Å². The van der Waals surface area contributed by atoms with Gasteiger partial charge in [-0.2, -0.15) is 0 Å². The lowest BCUT2D eigenvalue weighted by Gasteiger charge is -2.10. The summed E-state index contributed by atoms with van der Waals surface area (Å²) in [4.78, 5) is 12.0. The molecule has 128 valence electrons. The summed E-state index contributed by atoms with van der Waals surface area (Å²) < 4.78 is 10.5. The highest BCUT2D eigenvalue weighted by atomic mass is 16.5. The van der Waals surface area contributed by atoms with Gasteiger partial charge in [0.25, 0.3) is 0 Å². The Bertz CT molecular complexity index is 665. The quantitative estimate of drug-likeness (QED) is 0.807. The van der Waals surface area contributed by atoms with E-state index >= 15 is 0 Å². The fourth-order valence-electron chi connectivity index (χ4n) is 2.48. The molecule has 0 fully saturated rings. The maximum absolute atomic E-state index is 12.0. The number of aryl methyl sites for hydroxylation is 2. The number of carbonyl (C=O) groups is 1. The lowest BCUT2D eigenvalue weighted by molar-refractivity contribution is -0.121. The Morgan fingerprint density at radius 2 is 1.54 bits per heavy atom. The number of benzene rings is 2. The Labute approximate surface area is 143 Å². The molecule has 2 rings (SSSR count). The highest BCUT2D eigenvalue weighted by molar-refractivity contribution is 5.76. The number of ether oxygens (including phenoxy) is 2. The number of rotatable bonds is 8. The summed E-state index contributed by atoms with van der Waals surface area (Å²) in [6.45, 7) is 2.62. The normalized spacial score (nSPS) is 10.3. The molecule has 24 heavy (non-hydrogen) atoms. The summed E-state index contributed by atoms with van der Waals surface area (Å²) in [7, 11) is 3.20. The zero-order chi connectivity index (χ0) is 17.4. The number of nitrogens with one attached hydrogen (secondary N) is 1. The lowest BCUT2D eigenvalue weighted by atomic mass is 10.1. The predicted octanol–water partition coefficient (Wildman–Crippen LogP) is 3.52. The summed E-state index contributed by atoms with van der Waals surface area (Å²) in [6, 6.07) is 14.1. The molecule has 1 N–H and O–H groups in total. The minimum Gasteiger partial charge on any atom is -0.493 e. The Hall–Kier alpha value is -2.49. The molecule has 0 aliphatic carbocycles. The van der Waals surface area contributed by atoms with Crippen LogP contribution in [0.25, 0.3) is 0 Å². The second-order valence-electron chi connectivity index (χ2n) is 5.64. The maximum Gasteiger partial charge on any atom is 0.220 e. The van der Waals surface area contributed by atoms with E-state index < -0.39 is 0 Å². The van der Waals surface area contributed by atoms with E-state index in [-0.39, 0.29) is 5.91 Å². The number of hydrogen-bond donors (Lipinski definition) is 1. The van der Waals surface area contributed by atoms with Crippen molar-refractivity contribution in [3.8, 4) is 11.5 Å². The van der Waals surface area contributed by atoms with E-state index in [2.05, 4.69) is 36.5 Å². The van der Waals surface area contributed by atoms with Crippen molar-refractivity contribution in [2.45, 2.75) is 32.7 Å². The standard InChI is InChI=1S/C20H25NO3/c1-4-15-5-7-16(8-6-15)10-12-20(22)21-14-17-9-11-18(23-2)19(13-17)24-3/h5-9,11,13H,4,10,12,14H2,1-3H3,(H,21,22). The van der Waals surface area contributed by atoms with Crippen molar-refractivity contribution in [1.82, 2.24) is 5.32 Å². The third-order valence-electron chi connectivity index (χ3n) is 4.01. The Kier molecular flexibility index (Phi) is 6.67. The topological polar surface area (TPSA) is 47.6 Å². The molecule has 0 aromatic heterocycles. The van der Waals surface area contributed by atoms with Crippen molar-refractivity contribution in [1.29, 1.82) is 0 Å². The van der Waals surface area contributed by atoms with E-state index in [1.165, 1.54) is 11.1 Å². The number of amides is 1. The molecule has 0 radical (unpaired) electrons. The van der Waals surface area contributed by atoms with E-state index in [1.54, 1.807) is 14.2 Å². The van der Waals surface area contributed by atoms with E-state index in [0.29, 0.717) is 24.5 Å². The maximum atomic E-state index is 12.0. The molecule has 0 aliphatic rings. The summed E-state index contributed by atoms with van der Waals surface area (Å²) in [5.74, 6) is 1.40. The largest absolute Gasteiger partial charge is 0.493 e. The van der Waals surface area contributed by atoms with Gasteiger partial charge in [-0.1, -0.05) is 37.3 Å². The second kappa shape index (κ2) is 8.96. The van der Waals surface area contributed by atoms with Gasteiger partial charge in [0.2, 0.25) is 5.91 Å². The first-order chi connectivity index (χ1) is 11.7. The van der Waals surface area contributed by atoms with Gasteiger partial charge in [0.15, 0.2) is 11.5 Å². The average Bonchev–Trinajstić information content (AvgIpc) is 2.64. The van der Waals surface area contributed by atoms with E-state index in [4.69, 9.17) is 9.47 Å². The Morgan fingerprint density at radius 1 is 0.917 bits per heavy atom. The zero-order valence-corrected chi connectivity index (χ0v) is 14.6. The summed E-state index contributed by atoms with van der Waals surface area (Å²) in [6.07, 6.45) is 2.27. The first-order valence-electron chi connectivity index (χ1n) is 8.21. The van der Waals surface area contributed by atoms with Crippen LogP contribution in [0.5, 0.6) is 11.5 Å². The van der Waals surface area contributed by atoms with Gasteiger partial charge in [0.05, 0.1) is 14.2 Å². The average molecular weight is 327 g/mol. The minimum atomic E-state index is 0.0457. The molecule has 0 saturated heterocycles. The van der Waals surface area contributed by atoms with Crippen molar-refractivity contribution < 1.29 is 14.3 Å². The Morgan fingerprint density at radius 3 is 2.17 bits per heavy atom. The van der Waals surface area contributed by atoms with Crippen LogP contribution in [0, 0.1) is 0 Å². The fraction of sp³-hybridized carbons (Fsp3) is 0.350. The predicted molar refractivity (Wildman–Crippen MR) is 95.5 cm³/mol. The molecule has 0 heterocycles. The molecular formula is C20H25NO3. The van der Waals surface area contributed by atoms with Crippen LogP contribution in [0.15, 0.2) is 42.5 Å². The van der Waals surface area contributed by atoms with Gasteiger partial charge in [-0.15, -0.1) is 0 Å². The van der Waals surface area contributed by atoms with Crippen LogP contribution in [0.4, 0.5) is 0 Å². The molecular weight excluding hydrogens is 302 g/mol. The van der Waals surface area contributed by atoms with Gasteiger partial charge < -0.3 is 14.8 Å². The van der Waals surface area contributed by atoms with Gasteiger partial charge in [-0.3, -0.25) is 4.79 Å². The number of carbonyl (C=O) groups excluding carboxylic acids is 1. The SMILES string of the molecule is CCc1ccc(CCC(=O)NCc2ccc(OC)c(OC)c2)cc1. The Balaban J connectivity index is 1.82. The highest BCUT2D eigenvalue weighted by Crippen LogP contribution is 2.27. The molecule has 0 unspecified atom stereocenters.